The van der Waals surface area contributed by atoms with Crippen molar-refractivity contribution in [3.8, 4) is 0 Å². The Bertz CT molecular complexity index is 149. The lowest BCUT2D eigenvalue weighted by molar-refractivity contribution is 0.0698. The lowest BCUT2D eigenvalue weighted by Gasteiger charge is -2.39. The molecule has 0 radical (unpaired) electrons. The molecule has 78 valence electrons. The van der Waals surface area contributed by atoms with E-state index in [1.54, 1.807) is 0 Å². The van der Waals surface area contributed by atoms with Crippen molar-refractivity contribution in [1.29, 1.82) is 0 Å². The molecule has 1 heterocycles. The van der Waals surface area contributed by atoms with Crippen LogP contribution in [0.1, 0.15) is 20.3 Å². The fourth-order valence-electron chi connectivity index (χ4n) is 1.87. The van der Waals surface area contributed by atoms with Crippen molar-refractivity contribution in [2.75, 3.05) is 26.2 Å². The summed E-state index contributed by atoms with van der Waals surface area (Å²) in [5, 5.41) is 1.96. The summed E-state index contributed by atoms with van der Waals surface area (Å²) >= 11 is 0. The second kappa shape index (κ2) is 4.91. The first-order valence-corrected chi connectivity index (χ1v) is 5.12. The van der Waals surface area contributed by atoms with Crippen LogP contribution in [0.15, 0.2) is 0 Å². The smallest absolute Gasteiger partial charge is 0.0366 e. The average molecular weight is 186 g/mol. The van der Waals surface area contributed by atoms with Gasteiger partial charge in [-0.15, -0.1) is 0 Å². The van der Waals surface area contributed by atoms with Crippen LogP contribution in [0.4, 0.5) is 0 Å². The molecule has 1 aliphatic heterocycles. The molecule has 1 saturated heterocycles. The first-order valence-electron chi connectivity index (χ1n) is 5.12. The Morgan fingerprint density at radius 3 is 2.69 bits per heavy atom. The fourth-order valence-corrected chi connectivity index (χ4v) is 1.87. The average Bonchev–Trinajstić information content (AvgIpc) is 2.07. The highest BCUT2D eigenvalue weighted by molar-refractivity contribution is 4.79. The van der Waals surface area contributed by atoms with Gasteiger partial charge in [-0.3, -0.25) is 10.7 Å². The summed E-state index contributed by atoms with van der Waals surface area (Å²) in [6, 6.07) is 0.773. The normalized spacial score (nSPS) is 29.1. The van der Waals surface area contributed by atoms with Crippen LogP contribution in [0, 0.1) is 0 Å². The van der Waals surface area contributed by atoms with Crippen molar-refractivity contribution in [2.24, 2.45) is 11.6 Å². The van der Waals surface area contributed by atoms with Gasteiger partial charge in [-0.2, -0.15) is 0 Å². The van der Waals surface area contributed by atoms with Crippen LogP contribution >= 0.6 is 0 Å². The highest BCUT2D eigenvalue weighted by Crippen LogP contribution is 2.08. The molecule has 1 aliphatic rings. The summed E-state index contributed by atoms with van der Waals surface area (Å²) in [4.78, 5) is 2.40. The van der Waals surface area contributed by atoms with Crippen LogP contribution in [-0.2, 0) is 0 Å². The summed E-state index contributed by atoms with van der Waals surface area (Å²) in [5.74, 6) is 5.86. The molecular formula is C9H22N4. The molecule has 2 atom stereocenters. The van der Waals surface area contributed by atoms with Crippen molar-refractivity contribution < 1.29 is 0 Å². The maximum Gasteiger partial charge on any atom is 0.0366 e. The van der Waals surface area contributed by atoms with Gasteiger partial charge in [0, 0.05) is 38.3 Å². The Balaban J connectivity index is 2.36. The van der Waals surface area contributed by atoms with E-state index in [-0.39, 0.29) is 6.04 Å². The molecule has 4 heteroatoms. The number of hydrogen-bond donors (Lipinski definition) is 2. The minimum Gasteiger partial charge on any atom is -0.327 e. The molecule has 2 unspecified atom stereocenters. The van der Waals surface area contributed by atoms with E-state index in [1.165, 1.54) is 0 Å². The van der Waals surface area contributed by atoms with Gasteiger partial charge in [0.2, 0.25) is 0 Å². The van der Waals surface area contributed by atoms with Gasteiger partial charge in [0.05, 0.1) is 0 Å². The van der Waals surface area contributed by atoms with E-state index >= 15 is 0 Å². The molecule has 1 rings (SSSR count). The molecule has 0 amide bonds. The molecule has 0 bridgehead atoms. The second-order valence-electron chi connectivity index (χ2n) is 4.04. The van der Waals surface area contributed by atoms with E-state index < -0.39 is 0 Å². The number of nitrogens with zero attached hydrogens (tertiary/aromatic N) is 2. The quantitative estimate of drug-likeness (QED) is 0.589. The van der Waals surface area contributed by atoms with E-state index in [2.05, 4.69) is 18.7 Å². The molecule has 0 aromatic rings. The molecule has 0 saturated carbocycles. The maximum atomic E-state index is 5.86. The minimum atomic E-state index is 0.266. The summed E-state index contributed by atoms with van der Waals surface area (Å²) < 4.78 is 0. The van der Waals surface area contributed by atoms with E-state index in [9.17, 15) is 0 Å². The SMILES string of the molecule is CCC1CN(CC(C)N)CCN1N. The summed E-state index contributed by atoms with van der Waals surface area (Å²) in [6.07, 6.45) is 1.12. The Morgan fingerprint density at radius 2 is 2.15 bits per heavy atom. The molecule has 1 fully saturated rings. The molecule has 0 aliphatic carbocycles. The van der Waals surface area contributed by atoms with Gasteiger partial charge in [-0.1, -0.05) is 6.92 Å². The zero-order valence-corrected chi connectivity index (χ0v) is 8.74. The summed E-state index contributed by atoms with van der Waals surface area (Å²) in [6.45, 7) is 8.30. The van der Waals surface area contributed by atoms with Crippen LogP contribution in [0.3, 0.4) is 0 Å². The van der Waals surface area contributed by atoms with E-state index in [0.717, 1.165) is 32.6 Å². The van der Waals surface area contributed by atoms with Crippen molar-refractivity contribution in [1.82, 2.24) is 9.91 Å². The van der Waals surface area contributed by atoms with Crippen molar-refractivity contribution in [3.05, 3.63) is 0 Å². The van der Waals surface area contributed by atoms with Gasteiger partial charge in [0.1, 0.15) is 0 Å². The number of hydrogen-bond acceptors (Lipinski definition) is 4. The zero-order chi connectivity index (χ0) is 9.84. The van der Waals surface area contributed by atoms with Gasteiger partial charge in [-0.25, -0.2) is 5.01 Å². The standard InChI is InChI=1S/C9H22N4/c1-3-9-7-12(6-8(2)10)4-5-13(9)11/h8-9H,3-7,10-11H2,1-2H3. The second-order valence-corrected chi connectivity index (χ2v) is 4.04. The van der Waals surface area contributed by atoms with Gasteiger partial charge in [0.15, 0.2) is 0 Å². The summed E-state index contributed by atoms with van der Waals surface area (Å²) in [7, 11) is 0. The molecule has 4 nitrogen and oxygen atoms in total. The largest absolute Gasteiger partial charge is 0.327 e. The topological polar surface area (TPSA) is 58.5 Å². The van der Waals surface area contributed by atoms with Crippen LogP contribution in [0.25, 0.3) is 0 Å². The van der Waals surface area contributed by atoms with Crippen LogP contribution < -0.4 is 11.6 Å². The molecule has 4 N–H and O–H groups in total. The van der Waals surface area contributed by atoms with Gasteiger partial charge in [-0.05, 0) is 13.3 Å². The number of nitrogens with two attached hydrogens (primary N) is 2. The summed E-state index contributed by atoms with van der Waals surface area (Å²) in [5.41, 5.74) is 5.76. The van der Waals surface area contributed by atoms with Crippen molar-refractivity contribution in [2.45, 2.75) is 32.4 Å². The van der Waals surface area contributed by atoms with Gasteiger partial charge < -0.3 is 5.73 Å². The predicted molar refractivity (Wildman–Crippen MR) is 55.1 cm³/mol. The van der Waals surface area contributed by atoms with Crippen LogP contribution in [-0.4, -0.2) is 48.2 Å². The van der Waals surface area contributed by atoms with Crippen LogP contribution in [0.5, 0.6) is 0 Å². The third-order valence-corrected chi connectivity index (χ3v) is 2.63. The van der Waals surface area contributed by atoms with Crippen molar-refractivity contribution >= 4 is 0 Å². The Labute approximate surface area is 80.8 Å². The third-order valence-electron chi connectivity index (χ3n) is 2.63. The van der Waals surface area contributed by atoms with E-state index in [4.69, 9.17) is 11.6 Å². The lowest BCUT2D eigenvalue weighted by Crippen LogP contribution is -2.57. The number of rotatable bonds is 3. The highest BCUT2D eigenvalue weighted by Gasteiger charge is 2.23. The zero-order valence-electron chi connectivity index (χ0n) is 8.74. The van der Waals surface area contributed by atoms with Crippen molar-refractivity contribution in [3.63, 3.8) is 0 Å². The molecule has 13 heavy (non-hydrogen) atoms. The van der Waals surface area contributed by atoms with E-state index in [1.807, 2.05) is 5.01 Å². The van der Waals surface area contributed by atoms with E-state index in [0.29, 0.717) is 6.04 Å². The monoisotopic (exact) mass is 186 g/mol. The Morgan fingerprint density at radius 1 is 1.46 bits per heavy atom. The highest BCUT2D eigenvalue weighted by atomic mass is 15.5. The Hall–Kier alpha value is -0.160. The predicted octanol–water partition coefficient (Wildman–Crippen LogP) is -0.396. The lowest BCUT2D eigenvalue weighted by atomic mass is 10.1. The molecule has 0 aromatic carbocycles. The van der Waals surface area contributed by atoms with Crippen LogP contribution in [0.2, 0.25) is 0 Å². The van der Waals surface area contributed by atoms with Gasteiger partial charge in [0.25, 0.3) is 0 Å². The minimum absolute atomic E-state index is 0.266. The molecule has 0 aromatic heterocycles. The fraction of sp³-hybridized carbons (Fsp3) is 1.00. The number of piperazine rings is 1. The first-order chi connectivity index (χ1) is 6.13. The maximum absolute atomic E-state index is 5.86. The third kappa shape index (κ3) is 3.23. The molecule has 0 spiro atoms. The Kier molecular flexibility index (Phi) is 4.12. The first kappa shape index (κ1) is 10.9. The molecular weight excluding hydrogens is 164 g/mol. The number of hydrazine groups is 1. The van der Waals surface area contributed by atoms with Gasteiger partial charge >= 0.3 is 0 Å².